The van der Waals surface area contributed by atoms with E-state index >= 15 is 0 Å². The molecule has 154 valence electrons. The fraction of sp³-hybridized carbons (Fsp3) is 0.238. The zero-order chi connectivity index (χ0) is 21.4. The van der Waals surface area contributed by atoms with Gasteiger partial charge in [-0.3, -0.25) is 4.79 Å². The largest absolute Gasteiger partial charge is 0.493 e. The minimum atomic E-state index is -0.676. The molecule has 0 bridgehead atoms. The van der Waals surface area contributed by atoms with Gasteiger partial charge in [-0.2, -0.15) is 0 Å². The van der Waals surface area contributed by atoms with Gasteiger partial charge in [-0.25, -0.2) is 4.79 Å². The van der Waals surface area contributed by atoms with Crippen LogP contribution in [0.15, 0.2) is 36.4 Å². The van der Waals surface area contributed by atoms with E-state index in [4.69, 9.17) is 30.5 Å². The molecule has 0 atom stereocenters. The maximum Gasteiger partial charge on any atom is 0.331 e. The molecule has 0 radical (unpaired) electrons. The van der Waals surface area contributed by atoms with Crippen molar-refractivity contribution in [1.82, 2.24) is 0 Å². The highest BCUT2D eigenvalue weighted by atomic mass is 35.5. The first-order valence-electron chi connectivity index (χ1n) is 8.59. The van der Waals surface area contributed by atoms with E-state index in [9.17, 15) is 9.59 Å². The van der Waals surface area contributed by atoms with Crippen LogP contribution in [-0.2, 0) is 14.3 Å². The third-order valence-electron chi connectivity index (χ3n) is 3.93. The van der Waals surface area contributed by atoms with Gasteiger partial charge in [-0.15, -0.1) is 0 Å². The van der Waals surface area contributed by atoms with E-state index in [0.717, 1.165) is 5.56 Å². The van der Waals surface area contributed by atoms with Crippen molar-refractivity contribution in [2.75, 3.05) is 33.3 Å². The second-order valence-corrected chi connectivity index (χ2v) is 6.29. The zero-order valence-electron chi connectivity index (χ0n) is 16.6. The SMILES string of the molecule is COc1cc(/C=C/C(=O)OCC(=O)Nc2c(C)cccc2Cl)cc(OC)c1OC. The van der Waals surface area contributed by atoms with Crippen molar-refractivity contribution in [2.24, 2.45) is 0 Å². The van der Waals surface area contributed by atoms with Crippen LogP contribution in [0.5, 0.6) is 17.2 Å². The number of esters is 1. The smallest absolute Gasteiger partial charge is 0.331 e. The highest BCUT2D eigenvalue weighted by molar-refractivity contribution is 6.33. The summed E-state index contributed by atoms with van der Waals surface area (Å²) >= 11 is 6.06. The number of hydrogen-bond donors (Lipinski definition) is 1. The predicted octanol–water partition coefficient (Wildman–Crippen LogP) is 3.87. The third-order valence-corrected chi connectivity index (χ3v) is 4.25. The molecule has 0 fully saturated rings. The van der Waals surface area contributed by atoms with Gasteiger partial charge >= 0.3 is 5.97 Å². The molecule has 0 aliphatic rings. The molecule has 0 saturated heterocycles. The van der Waals surface area contributed by atoms with E-state index in [1.165, 1.54) is 33.5 Å². The Morgan fingerprint density at radius 1 is 1.07 bits per heavy atom. The average molecular weight is 420 g/mol. The molecule has 1 amide bonds. The summed E-state index contributed by atoms with van der Waals surface area (Å²) in [6.45, 7) is 1.37. The first-order chi connectivity index (χ1) is 13.9. The van der Waals surface area contributed by atoms with E-state index in [-0.39, 0.29) is 0 Å². The molecular formula is C21H22ClNO6. The van der Waals surface area contributed by atoms with Crippen LogP contribution in [0.4, 0.5) is 5.69 Å². The summed E-state index contributed by atoms with van der Waals surface area (Å²) in [5, 5.41) is 3.04. The molecule has 29 heavy (non-hydrogen) atoms. The Morgan fingerprint density at radius 2 is 1.72 bits per heavy atom. The first-order valence-corrected chi connectivity index (χ1v) is 8.97. The molecule has 0 aliphatic heterocycles. The van der Waals surface area contributed by atoms with Crippen molar-refractivity contribution in [3.63, 3.8) is 0 Å². The molecule has 0 heterocycles. The molecule has 7 nitrogen and oxygen atoms in total. The van der Waals surface area contributed by atoms with E-state index in [0.29, 0.717) is 33.5 Å². The van der Waals surface area contributed by atoms with Crippen molar-refractivity contribution in [1.29, 1.82) is 0 Å². The maximum atomic E-state index is 12.0. The summed E-state index contributed by atoms with van der Waals surface area (Å²) in [4.78, 5) is 24.0. The number of halogens is 1. The fourth-order valence-corrected chi connectivity index (χ4v) is 2.78. The molecule has 0 saturated carbocycles. The Kier molecular flexibility index (Phi) is 7.91. The molecule has 0 aromatic heterocycles. The lowest BCUT2D eigenvalue weighted by molar-refractivity contribution is -0.142. The minimum absolute atomic E-state index is 0.409. The molecule has 1 N–H and O–H groups in total. The Hall–Kier alpha value is -3.19. The number of carbonyl (C=O) groups excluding carboxylic acids is 2. The predicted molar refractivity (Wildman–Crippen MR) is 111 cm³/mol. The van der Waals surface area contributed by atoms with Crippen LogP contribution < -0.4 is 19.5 Å². The van der Waals surface area contributed by atoms with Gasteiger partial charge in [0, 0.05) is 6.08 Å². The lowest BCUT2D eigenvalue weighted by atomic mass is 10.1. The van der Waals surface area contributed by atoms with Gasteiger partial charge in [0.25, 0.3) is 5.91 Å². The number of benzene rings is 2. The number of rotatable bonds is 8. The van der Waals surface area contributed by atoms with Crippen molar-refractivity contribution in [2.45, 2.75) is 6.92 Å². The summed E-state index contributed by atoms with van der Waals surface area (Å²) in [7, 11) is 4.50. The van der Waals surface area contributed by atoms with E-state index in [1.54, 1.807) is 24.3 Å². The minimum Gasteiger partial charge on any atom is -0.493 e. The molecule has 8 heteroatoms. The van der Waals surface area contributed by atoms with Gasteiger partial charge in [0.15, 0.2) is 18.1 Å². The first kappa shape index (κ1) is 22.1. The normalized spacial score (nSPS) is 10.5. The second-order valence-electron chi connectivity index (χ2n) is 5.88. The summed E-state index contributed by atoms with van der Waals surface area (Å²) in [6.07, 6.45) is 2.72. The Labute approximate surface area is 174 Å². The highest BCUT2D eigenvalue weighted by Crippen LogP contribution is 2.38. The summed E-state index contributed by atoms with van der Waals surface area (Å²) < 4.78 is 20.7. The van der Waals surface area contributed by atoms with E-state index in [1.807, 2.05) is 13.0 Å². The summed E-state index contributed by atoms with van der Waals surface area (Å²) in [5.41, 5.74) is 1.93. The van der Waals surface area contributed by atoms with Crippen LogP contribution in [0.1, 0.15) is 11.1 Å². The van der Waals surface area contributed by atoms with Gasteiger partial charge < -0.3 is 24.3 Å². The van der Waals surface area contributed by atoms with Gasteiger partial charge in [-0.1, -0.05) is 23.7 Å². The fourth-order valence-electron chi connectivity index (χ4n) is 2.51. The highest BCUT2D eigenvalue weighted by Gasteiger charge is 2.13. The lowest BCUT2D eigenvalue weighted by Crippen LogP contribution is -2.20. The van der Waals surface area contributed by atoms with Crippen LogP contribution in [0.3, 0.4) is 0 Å². The number of anilines is 1. The molecular weight excluding hydrogens is 398 g/mol. The lowest BCUT2D eigenvalue weighted by Gasteiger charge is -2.12. The Bertz CT molecular complexity index is 880. The standard InChI is InChI=1S/C21H22ClNO6/c1-13-6-5-7-15(22)20(13)23-18(24)12-29-19(25)9-8-14-10-16(26-2)21(28-4)17(11-14)27-3/h5-11H,12H2,1-4H3,(H,23,24)/b9-8+. The van der Waals surface area contributed by atoms with Crippen LogP contribution >= 0.6 is 11.6 Å². The number of nitrogens with one attached hydrogen (secondary N) is 1. The Morgan fingerprint density at radius 3 is 2.28 bits per heavy atom. The number of aryl methyl sites for hydroxylation is 1. The number of hydrogen-bond acceptors (Lipinski definition) is 6. The van der Waals surface area contributed by atoms with E-state index in [2.05, 4.69) is 5.32 Å². The van der Waals surface area contributed by atoms with Gasteiger partial charge in [0.1, 0.15) is 0 Å². The van der Waals surface area contributed by atoms with Crippen LogP contribution in [-0.4, -0.2) is 39.8 Å². The Balaban J connectivity index is 1.98. The topological polar surface area (TPSA) is 83.1 Å². The quantitative estimate of drug-likeness (QED) is 0.516. The summed E-state index contributed by atoms with van der Waals surface area (Å²) in [6, 6.07) is 8.61. The molecule has 2 aromatic carbocycles. The molecule has 2 rings (SSSR count). The van der Waals surface area contributed by atoms with Crippen LogP contribution in [0, 0.1) is 6.92 Å². The van der Waals surface area contributed by atoms with E-state index < -0.39 is 18.5 Å². The van der Waals surface area contributed by atoms with Crippen molar-refractivity contribution >= 4 is 35.2 Å². The number of para-hydroxylation sites is 1. The van der Waals surface area contributed by atoms with Crippen LogP contribution in [0.25, 0.3) is 6.08 Å². The monoisotopic (exact) mass is 419 g/mol. The van der Waals surface area contributed by atoms with Gasteiger partial charge in [0.2, 0.25) is 5.75 Å². The zero-order valence-corrected chi connectivity index (χ0v) is 17.3. The summed E-state index contributed by atoms with van der Waals surface area (Å²) in [5.74, 6) is 0.186. The molecule has 0 unspecified atom stereocenters. The van der Waals surface area contributed by atoms with Crippen molar-refractivity contribution < 1.29 is 28.5 Å². The van der Waals surface area contributed by atoms with Crippen LogP contribution in [0.2, 0.25) is 5.02 Å². The maximum absolute atomic E-state index is 12.0. The van der Waals surface area contributed by atoms with Gasteiger partial charge in [0.05, 0.1) is 32.0 Å². The third kappa shape index (κ3) is 5.89. The number of amides is 1. The average Bonchev–Trinajstić information content (AvgIpc) is 2.72. The van der Waals surface area contributed by atoms with Crippen molar-refractivity contribution in [3.05, 3.63) is 52.6 Å². The second kappa shape index (κ2) is 10.4. The number of carbonyl (C=O) groups is 2. The molecule has 2 aromatic rings. The number of ether oxygens (including phenoxy) is 4. The molecule has 0 aliphatic carbocycles. The van der Waals surface area contributed by atoms with Gasteiger partial charge in [-0.05, 0) is 42.3 Å². The molecule has 0 spiro atoms. The van der Waals surface area contributed by atoms with Crippen molar-refractivity contribution in [3.8, 4) is 17.2 Å². The number of methoxy groups -OCH3 is 3.